The van der Waals surface area contributed by atoms with Crippen molar-refractivity contribution in [1.29, 1.82) is 0 Å². The van der Waals surface area contributed by atoms with Crippen LogP contribution in [0.5, 0.6) is 0 Å². The molecule has 0 fully saturated rings. The van der Waals surface area contributed by atoms with E-state index in [-0.39, 0.29) is 0 Å². The van der Waals surface area contributed by atoms with Gasteiger partial charge in [0.25, 0.3) is 0 Å². The van der Waals surface area contributed by atoms with E-state index in [1.165, 1.54) is 0 Å². The van der Waals surface area contributed by atoms with E-state index in [0.717, 1.165) is 22.3 Å². The smallest absolute Gasteiger partial charge is 0.247 e. The van der Waals surface area contributed by atoms with E-state index < -0.39 is 0 Å². The number of hydrazine groups is 2. The maximum absolute atomic E-state index is 4.59. The van der Waals surface area contributed by atoms with Crippen LogP contribution in [0.2, 0.25) is 0 Å². The molecule has 0 saturated carbocycles. The first-order valence-corrected chi connectivity index (χ1v) is 9.73. The molecule has 2 aromatic carbocycles. The van der Waals surface area contributed by atoms with Crippen LogP contribution < -0.4 is 21.7 Å². The number of amidine groups is 4. The van der Waals surface area contributed by atoms with Gasteiger partial charge in [0, 0.05) is 22.3 Å². The molecule has 5 heterocycles. The summed E-state index contributed by atoms with van der Waals surface area (Å²) in [5.74, 6) is 3.28. The normalized spacial score (nSPS) is 19.2. The number of hydrogen-bond acceptors (Lipinski definition) is 12. The average molecular weight is 420 g/mol. The van der Waals surface area contributed by atoms with E-state index >= 15 is 0 Å². The van der Waals surface area contributed by atoms with Gasteiger partial charge in [0.1, 0.15) is 0 Å². The number of nitrogens with zero attached hydrogens (tertiary/aromatic N) is 8. The van der Waals surface area contributed by atoms with Gasteiger partial charge in [-0.3, -0.25) is 21.7 Å². The summed E-state index contributed by atoms with van der Waals surface area (Å²) in [6.07, 6.45) is 0. The molecule has 5 aliphatic rings. The Morgan fingerprint density at radius 3 is 1.03 bits per heavy atom. The Balaban J connectivity index is 1.44. The number of nitrogens with one attached hydrogen (secondary N) is 4. The fourth-order valence-electron chi connectivity index (χ4n) is 3.68. The minimum atomic E-state index is 0.333. The van der Waals surface area contributed by atoms with Gasteiger partial charge in [-0.2, -0.15) is 30.0 Å². The van der Waals surface area contributed by atoms with Gasteiger partial charge >= 0.3 is 0 Å². The van der Waals surface area contributed by atoms with Crippen molar-refractivity contribution in [2.75, 3.05) is 0 Å². The van der Waals surface area contributed by atoms with E-state index in [1.807, 2.05) is 48.5 Å². The molecule has 12 heteroatoms. The lowest BCUT2D eigenvalue weighted by Gasteiger charge is -2.00. The minimum Gasteiger partial charge on any atom is -0.265 e. The first-order valence-electron chi connectivity index (χ1n) is 9.73. The van der Waals surface area contributed by atoms with Crippen LogP contribution in [-0.2, 0) is 0 Å². The van der Waals surface area contributed by atoms with Gasteiger partial charge in [0.05, 0.1) is 0 Å². The zero-order valence-corrected chi connectivity index (χ0v) is 16.2. The number of aliphatic imine (C=N–C) groups is 8. The highest BCUT2D eigenvalue weighted by molar-refractivity contribution is 6.29. The molecule has 152 valence electrons. The second-order valence-corrected chi connectivity index (χ2v) is 7.07. The highest BCUT2D eigenvalue weighted by atomic mass is 15.5. The van der Waals surface area contributed by atoms with Gasteiger partial charge in [0.15, 0.2) is 23.3 Å². The molecule has 0 saturated heterocycles. The molecule has 5 aliphatic heterocycles. The molecular formula is C20H12N12. The van der Waals surface area contributed by atoms with Crippen molar-refractivity contribution in [2.24, 2.45) is 39.9 Å². The Bertz CT molecular complexity index is 1360. The third-order valence-corrected chi connectivity index (χ3v) is 5.08. The third-order valence-electron chi connectivity index (χ3n) is 5.08. The van der Waals surface area contributed by atoms with Gasteiger partial charge < -0.3 is 0 Å². The van der Waals surface area contributed by atoms with Crippen molar-refractivity contribution in [3.05, 3.63) is 70.8 Å². The lowest BCUT2D eigenvalue weighted by atomic mass is 10.1. The Morgan fingerprint density at radius 2 is 0.656 bits per heavy atom. The van der Waals surface area contributed by atoms with Crippen molar-refractivity contribution < 1.29 is 0 Å². The van der Waals surface area contributed by atoms with Crippen LogP contribution in [0.4, 0.5) is 0 Å². The molecule has 0 amide bonds. The van der Waals surface area contributed by atoms with Crippen LogP contribution >= 0.6 is 0 Å². The number of hydrogen-bond donors (Lipinski definition) is 4. The minimum absolute atomic E-state index is 0.333. The topological polar surface area (TPSA) is 147 Å². The summed E-state index contributed by atoms with van der Waals surface area (Å²) in [6, 6.07) is 15.4. The fourth-order valence-corrected chi connectivity index (χ4v) is 3.68. The van der Waals surface area contributed by atoms with Gasteiger partial charge in [-0.25, -0.2) is 9.98 Å². The first kappa shape index (κ1) is 16.8. The van der Waals surface area contributed by atoms with E-state index in [9.17, 15) is 0 Å². The maximum atomic E-state index is 4.59. The molecule has 0 unspecified atom stereocenters. The highest BCUT2D eigenvalue weighted by Crippen LogP contribution is 2.22. The van der Waals surface area contributed by atoms with E-state index in [0.29, 0.717) is 47.2 Å². The zero-order chi connectivity index (χ0) is 21.1. The monoisotopic (exact) mass is 420 g/mol. The second-order valence-electron chi connectivity index (χ2n) is 7.07. The van der Waals surface area contributed by atoms with Crippen molar-refractivity contribution >= 4 is 47.2 Å². The van der Waals surface area contributed by atoms with E-state index in [1.54, 1.807) is 0 Å². The molecular weight excluding hydrogens is 408 g/mol. The quantitative estimate of drug-likeness (QED) is 0.477. The van der Waals surface area contributed by atoms with Crippen molar-refractivity contribution in [3.63, 3.8) is 0 Å². The molecule has 0 aromatic heterocycles. The Kier molecular flexibility index (Phi) is 3.27. The van der Waals surface area contributed by atoms with Crippen LogP contribution in [0.25, 0.3) is 0 Å². The SMILES string of the molecule is c1ccc2c(c1)C1=NC3=NC(=NC4=NC(=NC5=NC(=NC2=N1)NN5)c1ccccc14)NN3. The Morgan fingerprint density at radius 1 is 0.344 bits per heavy atom. The van der Waals surface area contributed by atoms with Crippen LogP contribution in [0.1, 0.15) is 22.3 Å². The summed E-state index contributed by atoms with van der Waals surface area (Å²) >= 11 is 0. The summed E-state index contributed by atoms with van der Waals surface area (Å²) in [7, 11) is 0. The van der Waals surface area contributed by atoms with Gasteiger partial charge in [-0.15, -0.1) is 0 Å². The maximum Gasteiger partial charge on any atom is 0.247 e. The van der Waals surface area contributed by atoms with Crippen LogP contribution in [-0.4, -0.2) is 47.2 Å². The lowest BCUT2D eigenvalue weighted by molar-refractivity contribution is 0.889. The lowest BCUT2D eigenvalue weighted by Crippen LogP contribution is -2.32. The summed E-state index contributed by atoms with van der Waals surface area (Å²) in [5.41, 5.74) is 15.1. The van der Waals surface area contributed by atoms with Crippen LogP contribution in [0, 0.1) is 0 Å². The summed E-state index contributed by atoms with van der Waals surface area (Å²) < 4.78 is 0. The molecule has 0 radical (unpaired) electrons. The third kappa shape index (κ3) is 2.56. The van der Waals surface area contributed by atoms with Crippen LogP contribution in [0.3, 0.4) is 0 Å². The van der Waals surface area contributed by atoms with Crippen molar-refractivity contribution in [1.82, 2.24) is 21.7 Å². The number of fused-ring (bicyclic) bond motifs is 10. The van der Waals surface area contributed by atoms with Gasteiger partial charge in [0.2, 0.25) is 23.8 Å². The highest BCUT2D eigenvalue weighted by Gasteiger charge is 2.26. The molecule has 0 spiro atoms. The summed E-state index contributed by atoms with van der Waals surface area (Å²) in [4.78, 5) is 36.2. The molecule has 12 nitrogen and oxygen atoms in total. The zero-order valence-electron chi connectivity index (χ0n) is 16.2. The Hall–Kier alpha value is -5.00. The number of guanidine groups is 4. The second kappa shape index (κ2) is 6.25. The van der Waals surface area contributed by atoms with Crippen LogP contribution in [0.15, 0.2) is 88.5 Å². The van der Waals surface area contributed by atoms with Crippen molar-refractivity contribution in [3.8, 4) is 0 Å². The van der Waals surface area contributed by atoms with Gasteiger partial charge in [-0.1, -0.05) is 48.5 Å². The standard InChI is InChI=1S/C20H12N12/c1-2-6-10-9(5-1)13-21-14(10)24-18-28-20(32-30-18)26-16-12-8-4-3-7-11(12)15(22-16)25-19-27-17(23-13)29-31-19/h1-8H,(H4,21,22,23,24,25,26,27,28,29,30,31,32). The largest absolute Gasteiger partial charge is 0.265 e. The predicted molar refractivity (Wildman–Crippen MR) is 121 cm³/mol. The van der Waals surface area contributed by atoms with Gasteiger partial charge in [-0.05, 0) is 0 Å². The van der Waals surface area contributed by atoms with Crippen molar-refractivity contribution in [2.45, 2.75) is 0 Å². The number of benzene rings is 2. The molecule has 8 bridgehead atoms. The average Bonchev–Trinajstić information content (AvgIpc) is 3.58. The molecule has 32 heavy (non-hydrogen) atoms. The molecule has 2 aromatic rings. The summed E-state index contributed by atoms with van der Waals surface area (Å²) in [6.45, 7) is 0. The first-order chi connectivity index (χ1) is 15.8. The predicted octanol–water partition coefficient (Wildman–Crippen LogP) is 0.0536. The Labute approximate surface area is 180 Å². The molecule has 4 N–H and O–H groups in total. The fraction of sp³-hybridized carbons (Fsp3) is 0. The molecule has 0 aliphatic carbocycles. The summed E-state index contributed by atoms with van der Waals surface area (Å²) in [5, 5.41) is 0. The molecule has 7 rings (SSSR count). The van der Waals surface area contributed by atoms with E-state index in [2.05, 4.69) is 61.6 Å². The molecule has 0 atom stereocenters. The number of rotatable bonds is 0. The van der Waals surface area contributed by atoms with E-state index in [4.69, 9.17) is 0 Å².